The first-order chi connectivity index (χ1) is 13.1. The second kappa shape index (κ2) is 7.96. The summed E-state index contributed by atoms with van der Waals surface area (Å²) >= 11 is 5.75. The van der Waals surface area contributed by atoms with Crippen LogP contribution in [0.3, 0.4) is 0 Å². The van der Waals surface area contributed by atoms with Crippen LogP contribution in [-0.4, -0.2) is 63.9 Å². The van der Waals surface area contributed by atoms with Crippen molar-refractivity contribution in [3.63, 3.8) is 0 Å². The van der Waals surface area contributed by atoms with E-state index in [1.165, 1.54) is 11.4 Å². The molecule has 2 aliphatic rings. The summed E-state index contributed by atoms with van der Waals surface area (Å²) in [5.74, 6) is 0. The maximum atomic E-state index is 5.75. The number of hydrogen-bond donors (Lipinski definition) is 1. The molecule has 2 saturated heterocycles. The molecule has 0 amide bonds. The second-order valence-corrected chi connectivity index (χ2v) is 7.62. The molecule has 2 atom stereocenters. The lowest BCUT2D eigenvalue weighted by molar-refractivity contribution is 0.0349. The van der Waals surface area contributed by atoms with Gasteiger partial charge in [0.25, 0.3) is 0 Å². The average molecular weight is 386 g/mol. The Balaban J connectivity index is 1.61. The minimum Gasteiger partial charge on any atom is -0.379 e. The number of hydrogen-bond acceptors (Lipinski definition) is 4. The number of nitrogens with zero attached hydrogens (tertiary/aromatic N) is 4. The summed E-state index contributed by atoms with van der Waals surface area (Å²) in [5.41, 5.74) is 3.53. The molecule has 0 aliphatic carbocycles. The molecule has 4 rings (SSSR count). The third kappa shape index (κ3) is 3.72. The zero-order chi connectivity index (χ0) is 18.8. The molecule has 0 unspecified atom stereocenters. The Morgan fingerprint density at radius 3 is 2.67 bits per heavy atom. The number of aryl methyl sites for hydroxylation is 1. The maximum absolute atomic E-state index is 5.75. The lowest BCUT2D eigenvalue weighted by atomic mass is 10.0. The van der Waals surface area contributed by atoms with Gasteiger partial charge in [0.1, 0.15) is 0 Å². The van der Waals surface area contributed by atoms with E-state index in [0.717, 1.165) is 50.2 Å². The van der Waals surface area contributed by atoms with Gasteiger partial charge in [-0.2, -0.15) is 0 Å². The van der Waals surface area contributed by atoms with E-state index in [2.05, 4.69) is 56.8 Å². The number of pyridine rings is 1. The smallest absolute Gasteiger partial charge is 0.170 e. The van der Waals surface area contributed by atoms with Gasteiger partial charge in [-0.15, -0.1) is 0 Å². The molecule has 2 aliphatic heterocycles. The SMILES string of the molecule is Cc1ccc([C@@H]2[C@H](c3ccccn3)NC(=S)N2CCN2CCOCC2)n1C. The van der Waals surface area contributed by atoms with E-state index in [-0.39, 0.29) is 12.1 Å². The summed E-state index contributed by atoms with van der Waals surface area (Å²) in [6.07, 6.45) is 1.85. The highest BCUT2D eigenvalue weighted by molar-refractivity contribution is 7.80. The molecular weight excluding hydrogens is 358 g/mol. The van der Waals surface area contributed by atoms with Gasteiger partial charge >= 0.3 is 0 Å². The minimum absolute atomic E-state index is 0.0522. The monoisotopic (exact) mass is 385 g/mol. The van der Waals surface area contributed by atoms with Crippen molar-refractivity contribution < 1.29 is 4.74 Å². The minimum atomic E-state index is 0.0522. The molecule has 2 aromatic rings. The van der Waals surface area contributed by atoms with Crippen LogP contribution in [0.1, 0.15) is 29.2 Å². The van der Waals surface area contributed by atoms with E-state index in [1.54, 1.807) is 0 Å². The van der Waals surface area contributed by atoms with Crippen LogP contribution in [0.5, 0.6) is 0 Å². The lowest BCUT2D eigenvalue weighted by Gasteiger charge is -2.32. The van der Waals surface area contributed by atoms with E-state index in [0.29, 0.717) is 0 Å². The third-order valence-electron chi connectivity index (χ3n) is 5.67. The van der Waals surface area contributed by atoms with Gasteiger partial charge in [-0.25, -0.2) is 0 Å². The highest BCUT2D eigenvalue weighted by Crippen LogP contribution is 2.38. The molecule has 7 heteroatoms. The number of nitrogens with one attached hydrogen (secondary N) is 1. The third-order valence-corrected chi connectivity index (χ3v) is 6.03. The van der Waals surface area contributed by atoms with Crippen LogP contribution in [-0.2, 0) is 11.8 Å². The summed E-state index contributed by atoms with van der Waals surface area (Å²) < 4.78 is 7.73. The van der Waals surface area contributed by atoms with E-state index >= 15 is 0 Å². The molecule has 2 aromatic heterocycles. The van der Waals surface area contributed by atoms with Crippen LogP contribution in [0.15, 0.2) is 36.5 Å². The van der Waals surface area contributed by atoms with Crippen molar-refractivity contribution in [3.8, 4) is 0 Å². The summed E-state index contributed by atoms with van der Waals surface area (Å²) in [6, 6.07) is 10.6. The number of thiocarbonyl (C=S) groups is 1. The van der Waals surface area contributed by atoms with Crippen LogP contribution in [0.25, 0.3) is 0 Å². The van der Waals surface area contributed by atoms with Crippen molar-refractivity contribution >= 4 is 17.3 Å². The fraction of sp³-hybridized carbons (Fsp3) is 0.500. The standard InChI is InChI=1S/C20H27N5OS/c1-15-6-7-17(23(15)2)19-18(16-5-3-4-8-21-16)22-20(27)25(19)10-9-24-11-13-26-14-12-24/h3-8,18-19H,9-14H2,1-2H3,(H,22,27)/t18-,19+/m0/s1. The first kappa shape index (κ1) is 18.4. The number of rotatable bonds is 5. The molecule has 0 radical (unpaired) electrons. The number of morpholine rings is 1. The predicted octanol–water partition coefficient (Wildman–Crippen LogP) is 2.03. The van der Waals surface area contributed by atoms with Gasteiger partial charge in [-0.3, -0.25) is 9.88 Å². The van der Waals surface area contributed by atoms with E-state index in [4.69, 9.17) is 17.0 Å². The van der Waals surface area contributed by atoms with Crippen molar-refractivity contribution in [2.75, 3.05) is 39.4 Å². The predicted molar refractivity (Wildman–Crippen MR) is 110 cm³/mol. The zero-order valence-electron chi connectivity index (χ0n) is 16.0. The van der Waals surface area contributed by atoms with Gasteiger partial charge in [0.15, 0.2) is 5.11 Å². The molecule has 0 bridgehead atoms. The maximum Gasteiger partial charge on any atom is 0.170 e. The van der Waals surface area contributed by atoms with E-state index in [1.807, 2.05) is 18.3 Å². The van der Waals surface area contributed by atoms with Crippen molar-refractivity contribution in [2.24, 2.45) is 7.05 Å². The van der Waals surface area contributed by atoms with Gasteiger partial charge in [-0.05, 0) is 43.4 Å². The van der Waals surface area contributed by atoms with Crippen LogP contribution in [0, 0.1) is 6.92 Å². The molecular formula is C20H27N5OS. The van der Waals surface area contributed by atoms with Crippen molar-refractivity contribution in [1.82, 2.24) is 24.7 Å². The number of aromatic nitrogens is 2. The van der Waals surface area contributed by atoms with Gasteiger partial charge in [0.2, 0.25) is 0 Å². The van der Waals surface area contributed by atoms with E-state index < -0.39 is 0 Å². The average Bonchev–Trinajstić information content (AvgIpc) is 3.20. The fourth-order valence-corrected chi connectivity index (χ4v) is 4.30. The Labute approximate surface area is 166 Å². The van der Waals surface area contributed by atoms with Crippen molar-refractivity contribution in [2.45, 2.75) is 19.0 Å². The lowest BCUT2D eigenvalue weighted by Crippen LogP contribution is -2.42. The van der Waals surface area contributed by atoms with Gasteiger partial charge in [0, 0.05) is 50.8 Å². The summed E-state index contributed by atoms with van der Waals surface area (Å²) in [5, 5.41) is 4.34. The molecule has 2 fully saturated rings. The molecule has 4 heterocycles. The van der Waals surface area contributed by atoms with Gasteiger partial charge in [0.05, 0.1) is 31.0 Å². The highest BCUT2D eigenvalue weighted by Gasteiger charge is 2.41. The number of ether oxygens (including phenoxy) is 1. The quantitative estimate of drug-likeness (QED) is 0.795. The first-order valence-corrected chi connectivity index (χ1v) is 9.96. The Bertz CT molecular complexity index is 787. The molecule has 1 N–H and O–H groups in total. The van der Waals surface area contributed by atoms with Crippen LogP contribution >= 0.6 is 12.2 Å². The molecule has 0 saturated carbocycles. The molecule has 0 spiro atoms. The Morgan fingerprint density at radius 2 is 2.00 bits per heavy atom. The second-order valence-electron chi connectivity index (χ2n) is 7.23. The van der Waals surface area contributed by atoms with Gasteiger partial charge in [-0.1, -0.05) is 6.07 Å². The summed E-state index contributed by atoms with van der Waals surface area (Å²) in [4.78, 5) is 9.39. The van der Waals surface area contributed by atoms with Crippen LogP contribution in [0.2, 0.25) is 0 Å². The molecule has 27 heavy (non-hydrogen) atoms. The Kier molecular flexibility index (Phi) is 5.43. The zero-order valence-corrected chi connectivity index (χ0v) is 16.8. The fourth-order valence-electron chi connectivity index (χ4n) is 3.97. The molecule has 144 valence electrons. The largest absolute Gasteiger partial charge is 0.379 e. The van der Waals surface area contributed by atoms with E-state index in [9.17, 15) is 0 Å². The van der Waals surface area contributed by atoms with Crippen molar-refractivity contribution in [3.05, 3.63) is 53.6 Å². The Morgan fingerprint density at radius 1 is 1.19 bits per heavy atom. The van der Waals surface area contributed by atoms with Crippen LogP contribution < -0.4 is 5.32 Å². The normalized spacial score (nSPS) is 23.6. The molecule has 0 aromatic carbocycles. The topological polar surface area (TPSA) is 45.6 Å². The molecule has 6 nitrogen and oxygen atoms in total. The Hall–Kier alpha value is -1.96. The summed E-state index contributed by atoms with van der Waals surface area (Å²) in [7, 11) is 2.13. The van der Waals surface area contributed by atoms with Gasteiger partial charge < -0.3 is 19.5 Å². The van der Waals surface area contributed by atoms with Crippen molar-refractivity contribution in [1.29, 1.82) is 0 Å². The highest BCUT2D eigenvalue weighted by atomic mass is 32.1. The first-order valence-electron chi connectivity index (χ1n) is 9.55. The summed E-state index contributed by atoms with van der Waals surface area (Å²) in [6.45, 7) is 7.64. The van der Waals surface area contributed by atoms with Crippen LogP contribution in [0.4, 0.5) is 0 Å².